The van der Waals surface area contributed by atoms with Crippen LogP contribution in [0.25, 0.3) is 0 Å². The minimum atomic E-state index is 0.0512. The maximum atomic E-state index is 12.6. The van der Waals surface area contributed by atoms with E-state index in [-0.39, 0.29) is 5.91 Å². The molecule has 0 aliphatic carbocycles. The van der Waals surface area contributed by atoms with Gasteiger partial charge in [0.15, 0.2) is 0 Å². The molecule has 0 saturated heterocycles. The summed E-state index contributed by atoms with van der Waals surface area (Å²) in [7, 11) is 1.62. The molecule has 1 aliphatic rings. The van der Waals surface area contributed by atoms with Crippen LogP contribution in [0.2, 0.25) is 0 Å². The number of carbonyl (C=O) groups excluding carboxylic acids is 1. The molecule has 0 saturated carbocycles. The number of hydrogen-bond donors (Lipinski definition) is 0. The summed E-state index contributed by atoms with van der Waals surface area (Å²) in [5.74, 6) is 0.814. The van der Waals surface area contributed by atoms with E-state index in [1.807, 2.05) is 35.2 Å². The minimum absolute atomic E-state index is 0.0512. The molecule has 0 spiro atoms. The van der Waals surface area contributed by atoms with Gasteiger partial charge in [0, 0.05) is 17.8 Å². The first-order chi connectivity index (χ1) is 9.69. The summed E-state index contributed by atoms with van der Waals surface area (Å²) in [5.41, 5.74) is 4.23. The average Bonchev–Trinajstić information content (AvgIpc) is 2.89. The Bertz CT molecular complexity index is 647. The van der Waals surface area contributed by atoms with E-state index in [0.29, 0.717) is 5.56 Å². The van der Waals surface area contributed by atoms with Gasteiger partial charge in [0.1, 0.15) is 5.75 Å². The zero-order chi connectivity index (χ0) is 14.1. The fourth-order valence-corrected chi connectivity index (χ4v) is 2.63. The second-order valence-electron chi connectivity index (χ2n) is 5.07. The number of methoxy groups -OCH3 is 1. The van der Waals surface area contributed by atoms with Gasteiger partial charge in [-0.25, -0.2) is 0 Å². The first kappa shape index (κ1) is 12.7. The molecular formula is C17H17NO2. The monoisotopic (exact) mass is 267 g/mol. The van der Waals surface area contributed by atoms with E-state index >= 15 is 0 Å². The van der Waals surface area contributed by atoms with Crippen molar-refractivity contribution < 1.29 is 9.53 Å². The van der Waals surface area contributed by atoms with Crippen LogP contribution in [0.5, 0.6) is 5.75 Å². The first-order valence-corrected chi connectivity index (χ1v) is 6.74. The molecule has 102 valence electrons. The van der Waals surface area contributed by atoms with E-state index in [1.54, 1.807) is 7.11 Å². The number of anilines is 1. The van der Waals surface area contributed by atoms with Crippen molar-refractivity contribution in [1.82, 2.24) is 0 Å². The maximum Gasteiger partial charge on any atom is 0.258 e. The van der Waals surface area contributed by atoms with Gasteiger partial charge in [0.05, 0.1) is 7.11 Å². The molecular weight excluding hydrogens is 250 g/mol. The Morgan fingerprint density at radius 1 is 1.15 bits per heavy atom. The van der Waals surface area contributed by atoms with Crippen LogP contribution in [0.1, 0.15) is 21.5 Å². The van der Waals surface area contributed by atoms with E-state index in [4.69, 9.17) is 4.74 Å². The number of amides is 1. The van der Waals surface area contributed by atoms with E-state index in [1.165, 1.54) is 11.1 Å². The van der Waals surface area contributed by atoms with Crippen molar-refractivity contribution in [3.8, 4) is 5.75 Å². The second kappa shape index (κ2) is 5.00. The number of benzene rings is 2. The molecule has 3 heteroatoms. The highest BCUT2D eigenvalue weighted by Crippen LogP contribution is 2.30. The summed E-state index contributed by atoms with van der Waals surface area (Å²) in [4.78, 5) is 14.4. The molecule has 0 N–H and O–H groups in total. The van der Waals surface area contributed by atoms with Crippen molar-refractivity contribution >= 4 is 11.6 Å². The smallest absolute Gasteiger partial charge is 0.258 e. The van der Waals surface area contributed by atoms with Crippen LogP contribution in [-0.2, 0) is 6.42 Å². The molecule has 0 aromatic heterocycles. The van der Waals surface area contributed by atoms with Gasteiger partial charge in [-0.3, -0.25) is 4.79 Å². The van der Waals surface area contributed by atoms with Gasteiger partial charge >= 0.3 is 0 Å². The fraction of sp³-hybridized carbons (Fsp3) is 0.235. The predicted octanol–water partition coefficient (Wildman–Crippen LogP) is 3.21. The summed E-state index contributed by atoms with van der Waals surface area (Å²) in [6.07, 6.45) is 0.929. The Morgan fingerprint density at radius 3 is 2.60 bits per heavy atom. The van der Waals surface area contributed by atoms with Crippen LogP contribution in [0.4, 0.5) is 5.69 Å². The Morgan fingerprint density at radius 2 is 1.90 bits per heavy atom. The molecule has 20 heavy (non-hydrogen) atoms. The molecule has 0 radical (unpaired) electrons. The summed E-state index contributed by atoms with van der Waals surface area (Å²) < 4.78 is 5.12. The van der Waals surface area contributed by atoms with Crippen molar-refractivity contribution in [1.29, 1.82) is 0 Å². The van der Waals surface area contributed by atoms with E-state index in [9.17, 15) is 4.79 Å². The lowest BCUT2D eigenvalue weighted by Crippen LogP contribution is -2.28. The molecule has 1 heterocycles. The third-order valence-corrected chi connectivity index (χ3v) is 3.71. The highest BCUT2D eigenvalue weighted by molar-refractivity contribution is 6.07. The summed E-state index contributed by atoms with van der Waals surface area (Å²) >= 11 is 0. The van der Waals surface area contributed by atoms with Gasteiger partial charge in [-0.05, 0) is 49.2 Å². The molecule has 0 bridgehead atoms. The average molecular weight is 267 g/mol. The van der Waals surface area contributed by atoms with Crippen LogP contribution in [0.3, 0.4) is 0 Å². The lowest BCUT2D eigenvalue weighted by atomic mass is 10.1. The Kier molecular flexibility index (Phi) is 3.18. The van der Waals surface area contributed by atoms with E-state index < -0.39 is 0 Å². The SMILES string of the molecule is COc1ccc(C(=O)N2CCc3cc(C)ccc32)cc1. The first-order valence-electron chi connectivity index (χ1n) is 6.74. The lowest BCUT2D eigenvalue weighted by molar-refractivity contribution is 0.0989. The zero-order valence-corrected chi connectivity index (χ0v) is 11.7. The molecule has 1 aliphatic heterocycles. The van der Waals surface area contributed by atoms with Crippen molar-refractivity contribution in [2.24, 2.45) is 0 Å². The molecule has 0 fully saturated rings. The molecule has 2 aromatic rings. The highest BCUT2D eigenvalue weighted by Gasteiger charge is 2.25. The molecule has 0 atom stereocenters. The normalized spacial score (nSPS) is 13.2. The van der Waals surface area contributed by atoms with Crippen molar-refractivity contribution in [3.63, 3.8) is 0 Å². The van der Waals surface area contributed by atoms with Crippen LogP contribution in [0.15, 0.2) is 42.5 Å². The number of ether oxygens (including phenoxy) is 1. The standard InChI is InChI=1S/C17H17NO2/c1-12-3-8-16-14(11-12)9-10-18(16)17(19)13-4-6-15(20-2)7-5-13/h3-8,11H,9-10H2,1-2H3. The topological polar surface area (TPSA) is 29.5 Å². The predicted molar refractivity (Wildman–Crippen MR) is 79.6 cm³/mol. The van der Waals surface area contributed by atoms with Gasteiger partial charge < -0.3 is 9.64 Å². The van der Waals surface area contributed by atoms with Crippen LogP contribution >= 0.6 is 0 Å². The summed E-state index contributed by atoms with van der Waals surface area (Å²) in [6, 6.07) is 13.5. The summed E-state index contributed by atoms with van der Waals surface area (Å²) in [5, 5.41) is 0. The Hall–Kier alpha value is -2.29. The van der Waals surface area contributed by atoms with Crippen LogP contribution in [0, 0.1) is 6.92 Å². The number of carbonyl (C=O) groups is 1. The molecule has 2 aromatic carbocycles. The highest BCUT2D eigenvalue weighted by atomic mass is 16.5. The number of nitrogens with zero attached hydrogens (tertiary/aromatic N) is 1. The molecule has 1 amide bonds. The van der Waals surface area contributed by atoms with E-state index in [0.717, 1.165) is 24.4 Å². The molecule has 0 unspecified atom stereocenters. The third kappa shape index (κ3) is 2.16. The van der Waals surface area contributed by atoms with Gasteiger partial charge in [-0.1, -0.05) is 17.7 Å². The Labute approximate surface area is 118 Å². The largest absolute Gasteiger partial charge is 0.497 e. The van der Waals surface area contributed by atoms with Crippen LogP contribution < -0.4 is 9.64 Å². The van der Waals surface area contributed by atoms with Gasteiger partial charge in [0.25, 0.3) is 5.91 Å². The molecule has 3 nitrogen and oxygen atoms in total. The van der Waals surface area contributed by atoms with Gasteiger partial charge in [-0.2, -0.15) is 0 Å². The lowest BCUT2D eigenvalue weighted by Gasteiger charge is -2.17. The Balaban J connectivity index is 1.89. The quantitative estimate of drug-likeness (QED) is 0.836. The van der Waals surface area contributed by atoms with Crippen molar-refractivity contribution in [2.75, 3.05) is 18.6 Å². The number of hydrogen-bond acceptors (Lipinski definition) is 2. The number of fused-ring (bicyclic) bond motifs is 1. The van der Waals surface area contributed by atoms with Crippen molar-refractivity contribution in [3.05, 3.63) is 59.2 Å². The van der Waals surface area contributed by atoms with E-state index in [2.05, 4.69) is 19.1 Å². The van der Waals surface area contributed by atoms with Gasteiger partial charge in [-0.15, -0.1) is 0 Å². The number of aryl methyl sites for hydroxylation is 1. The minimum Gasteiger partial charge on any atom is -0.497 e. The van der Waals surface area contributed by atoms with Crippen molar-refractivity contribution in [2.45, 2.75) is 13.3 Å². The van der Waals surface area contributed by atoms with Crippen LogP contribution in [-0.4, -0.2) is 19.6 Å². The second-order valence-corrected chi connectivity index (χ2v) is 5.07. The summed E-state index contributed by atoms with van der Waals surface area (Å²) in [6.45, 7) is 2.83. The van der Waals surface area contributed by atoms with Gasteiger partial charge in [0.2, 0.25) is 0 Å². The number of rotatable bonds is 2. The third-order valence-electron chi connectivity index (χ3n) is 3.71. The molecule has 3 rings (SSSR count). The fourth-order valence-electron chi connectivity index (χ4n) is 2.63. The zero-order valence-electron chi connectivity index (χ0n) is 11.7. The maximum absolute atomic E-state index is 12.6.